The number of aliphatic hydroxyl groups is 1. The van der Waals surface area contributed by atoms with Crippen molar-refractivity contribution in [1.29, 1.82) is 0 Å². The molecule has 2 aliphatic heterocycles. The third-order valence-electron chi connectivity index (χ3n) is 9.87. The number of benzene rings is 3. The van der Waals surface area contributed by atoms with E-state index in [1.54, 1.807) is 6.07 Å². The predicted octanol–water partition coefficient (Wildman–Crippen LogP) is 2.94. The van der Waals surface area contributed by atoms with E-state index in [-0.39, 0.29) is 75.2 Å². The van der Waals surface area contributed by atoms with Crippen molar-refractivity contribution in [2.24, 2.45) is 0 Å². The fraction of sp³-hybridized carbons (Fsp3) is 0.297. The highest BCUT2D eigenvalue weighted by Crippen LogP contribution is 2.47. The Kier molecular flexibility index (Phi) is 12.7. The van der Waals surface area contributed by atoms with E-state index in [9.17, 15) is 48.6 Å². The molecule has 0 bridgehead atoms. The number of aromatic carboxylic acids is 1. The molecule has 0 spiro atoms. The molecule has 25 heteroatoms. The smallest absolute Gasteiger partial charge is 0.470 e. The second-order valence-electron chi connectivity index (χ2n) is 14.1. The Balaban J connectivity index is 0.999. The molecule has 1 aliphatic carbocycles. The van der Waals surface area contributed by atoms with Crippen LogP contribution in [-0.2, 0) is 22.9 Å². The minimum Gasteiger partial charge on any atom is -0.508 e. The number of phenols is 1. The summed E-state index contributed by atoms with van der Waals surface area (Å²) < 4.78 is 45.5. The Morgan fingerprint density at radius 3 is 2.40 bits per heavy atom. The quantitative estimate of drug-likeness (QED) is 0.0357. The van der Waals surface area contributed by atoms with Crippen molar-refractivity contribution in [3.05, 3.63) is 82.3 Å². The fourth-order valence-corrected chi connectivity index (χ4v) is 8.02. The van der Waals surface area contributed by atoms with Crippen molar-refractivity contribution in [2.45, 2.75) is 50.2 Å². The summed E-state index contributed by atoms with van der Waals surface area (Å²) in [6.07, 6.45) is -3.23. The van der Waals surface area contributed by atoms with Gasteiger partial charge in [-0.3, -0.25) is 23.2 Å². The predicted molar refractivity (Wildman–Crippen MR) is 217 cm³/mol. The van der Waals surface area contributed by atoms with E-state index in [0.29, 0.717) is 42.2 Å². The first-order chi connectivity index (χ1) is 29.4. The number of unbranched alkanes of at least 4 members (excludes halogenated alkanes) is 3. The van der Waals surface area contributed by atoms with Crippen LogP contribution in [0.4, 0.5) is 11.8 Å². The number of carbonyl (C=O) groups is 2. The van der Waals surface area contributed by atoms with Gasteiger partial charge < -0.3 is 60.4 Å². The number of ether oxygens (including phenoxy) is 1. The van der Waals surface area contributed by atoms with Gasteiger partial charge in [-0.15, -0.1) is 0 Å². The molecule has 0 saturated carbocycles. The lowest BCUT2D eigenvalue weighted by Gasteiger charge is -2.23. The second-order valence-corrected chi connectivity index (χ2v) is 16.5. The van der Waals surface area contributed by atoms with E-state index in [4.69, 9.17) is 29.2 Å². The SMILES string of the molecule is Nc1ncnc2c1nc(NCCCCCCNC(=O)c1ccc(C(=O)O)c(-c3c4ccc(=O)cc-4oc4cc(O)ccc34)c1)n2[C@@H]1O[C@H](COP(=O)(O)O)[C@@H](O)[C@H]1OP(=O)(O)O. The van der Waals surface area contributed by atoms with E-state index >= 15 is 0 Å². The molecule has 2 aromatic carbocycles. The number of hydrogen-bond acceptors (Lipinski definition) is 16. The van der Waals surface area contributed by atoms with E-state index in [0.717, 1.165) is 6.33 Å². The number of hydrogen-bond donors (Lipinski definition) is 10. The first-order valence-electron chi connectivity index (χ1n) is 18.7. The molecular formula is C37H39N7O16P2. The maximum atomic E-state index is 13.4. The molecule has 1 saturated heterocycles. The average molecular weight is 900 g/mol. The van der Waals surface area contributed by atoms with Crippen molar-refractivity contribution in [1.82, 2.24) is 24.8 Å². The van der Waals surface area contributed by atoms with Gasteiger partial charge in [-0.1, -0.05) is 12.8 Å². The normalized spacial score (nSPS) is 18.1. The number of nitrogens with two attached hydrogens (primary N) is 1. The highest BCUT2D eigenvalue weighted by Gasteiger charge is 2.50. The number of imidazole rings is 1. The molecular weight excluding hydrogens is 860 g/mol. The van der Waals surface area contributed by atoms with E-state index in [2.05, 4.69) is 30.1 Å². The zero-order chi connectivity index (χ0) is 44.5. The van der Waals surface area contributed by atoms with Crippen LogP contribution in [0.15, 0.2) is 70.1 Å². The molecule has 3 aliphatic rings. The largest absolute Gasteiger partial charge is 0.508 e. The van der Waals surface area contributed by atoms with Crippen LogP contribution in [0.25, 0.3) is 44.6 Å². The number of phosphoric acid groups is 2. The Bertz CT molecular complexity index is 2790. The molecule has 7 rings (SSSR count). The number of carboxylic acids is 1. The molecule has 23 nitrogen and oxygen atoms in total. The molecule has 62 heavy (non-hydrogen) atoms. The Hall–Kier alpha value is -5.84. The van der Waals surface area contributed by atoms with Crippen LogP contribution in [0, 0.1) is 0 Å². The number of nitrogen functional groups attached to an aromatic ring is 1. The molecule has 11 N–H and O–H groups in total. The highest BCUT2D eigenvalue weighted by atomic mass is 31.2. The van der Waals surface area contributed by atoms with Gasteiger partial charge in [0.15, 0.2) is 28.6 Å². The molecule has 4 aromatic rings. The van der Waals surface area contributed by atoms with Crippen LogP contribution in [-0.4, -0.2) is 104 Å². The van der Waals surface area contributed by atoms with Crippen LogP contribution in [0.2, 0.25) is 0 Å². The van der Waals surface area contributed by atoms with Crippen LogP contribution in [0.1, 0.15) is 52.6 Å². The molecule has 2 aromatic heterocycles. The zero-order valence-electron chi connectivity index (χ0n) is 32.1. The van der Waals surface area contributed by atoms with Crippen LogP contribution < -0.4 is 21.8 Å². The fourth-order valence-electron chi connectivity index (χ4n) is 7.13. The first-order valence-corrected chi connectivity index (χ1v) is 21.8. The van der Waals surface area contributed by atoms with Crippen molar-refractivity contribution in [3.8, 4) is 28.2 Å². The Labute approximate surface area is 348 Å². The van der Waals surface area contributed by atoms with Gasteiger partial charge in [0.25, 0.3) is 5.91 Å². The van der Waals surface area contributed by atoms with Crippen LogP contribution in [0.5, 0.6) is 5.75 Å². The number of fused-ring (bicyclic) bond motifs is 3. The molecule has 0 radical (unpaired) electrons. The highest BCUT2D eigenvalue weighted by molar-refractivity contribution is 7.46. The number of aromatic nitrogens is 4. The van der Waals surface area contributed by atoms with Gasteiger partial charge >= 0.3 is 21.6 Å². The number of aromatic hydroxyl groups is 1. The summed E-state index contributed by atoms with van der Waals surface area (Å²) in [6, 6.07) is 12.6. The van der Waals surface area contributed by atoms with Gasteiger partial charge in [0.05, 0.1) is 12.2 Å². The molecule has 4 atom stereocenters. The van der Waals surface area contributed by atoms with Gasteiger partial charge in [-0.2, -0.15) is 0 Å². The second kappa shape index (κ2) is 17.9. The monoisotopic (exact) mass is 899 g/mol. The Morgan fingerprint density at radius 2 is 1.68 bits per heavy atom. The first kappa shape index (κ1) is 44.2. The van der Waals surface area contributed by atoms with E-state index in [1.807, 2.05) is 0 Å². The van der Waals surface area contributed by atoms with Gasteiger partial charge in [-0.25, -0.2) is 28.9 Å². The van der Waals surface area contributed by atoms with Gasteiger partial charge in [0.2, 0.25) is 5.95 Å². The summed E-state index contributed by atoms with van der Waals surface area (Å²) in [6.45, 7) is -0.324. The number of carboxylic acid groups (broad SMARTS) is 1. The summed E-state index contributed by atoms with van der Waals surface area (Å²) in [4.78, 5) is 88.0. The number of amides is 1. The molecule has 4 heterocycles. The summed E-state index contributed by atoms with van der Waals surface area (Å²) in [5.41, 5.74) is 7.07. The number of carbonyl (C=O) groups excluding carboxylic acids is 1. The van der Waals surface area contributed by atoms with E-state index in [1.165, 1.54) is 53.1 Å². The maximum Gasteiger partial charge on any atom is 0.470 e. The summed E-state index contributed by atoms with van der Waals surface area (Å²) >= 11 is 0. The molecule has 328 valence electrons. The third kappa shape index (κ3) is 9.77. The average Bonchev–Trinajstić information content (AvgIpc) is 3.72. The van der Waals surface area contributed by atoms with Crippen molar-refractivity contribution in [2.75, 3.05) is 30.7 Å². The Morgan fingerprint density at radius 1 is 0.919 bits per heavy atom. The minimum atomic E-state index is -5.27. The lowest BCUT2D eigenvalue weighted by atomic mass is 9.89. The topological polar surface area (TPSA) is 361 Å². The summed E-state index contributed by atoms with van der Waals surface area (Å²) in [5, 5.41) is 37.5. The lowest BCUT2D eigenvalue weighted by molar-refractivity contribution is -0.0489. The molecule has 1 fully saturated rings. The van der Waals surface area contributed by atoms with Crippen molar-refractivity contribution >= 4 is 61.4 Å². The maximum absolute atomic E-state index is 13.4. The minimum absolute atomic E-state index is 0.0210. The van der Waals surface area contributed by atoms with Crippen LogP contribution in [0.3, 0.4) is 0 Å². The number of nitrogens with one attached hydrogen (secondary N) is 2. The van der Waals surface area contributed by atoms with Crippen LogP contribution >= 0.6 is 15.6 Å². The number of phosphoric ester groups is 2. The number of aliphatic hydroxyl groups excluding tert-OH is 1. The standard InChI is InChI=1S/C37H39N7O16P2/c38-32-29-33(42-17-41-32)44(35-31(60-62(54,55)56)30(47)27(59-35)16-57-61(51,52)53)37(43-29)40-12-4-2-1-3-11-39-34(48)18-5-8-21(36(49)50)24(13-18)28-22-9-6-19(45)14-25(22)58-26-15-20(46)7-10-23(26)28/h5-10,13-15,17,27,30-31,35,45,47H,1-4,11-12,16H2,(H,39,48)(H,40,43)(H,49,50)(H2,38,41,42)(H2,51,52,53)(H2,54,55,56)/t27-,30-,31-,35-/m1/s1. The van der Waals surface area contributed by atoms with Gasteiger partial charge in [0.1, 0.15) is 41.7 Å². The van der Waals surface area contributed by atoms with Crippen molar-refractivity contribution in [3.63, 3.8) is 0 Å². The number of rotatable bonds is 17. The number of phenolic OH excluding ortho intramolecular Hbond substituents is 1. The lowest BCUT2D eigenvalue weighted by Crippen LogP contribution is -2.35. The number of anilines is 2. The van der Waals surface area contributed by atoms with Gasteiger partial charge in [0, 0.05) is 47.3 Å². The third-order valence-corrected chi connectivity index (χ3v) is 10.9. The summed E-state index contributed by atoms with van der Waals surface area (Å²) in [5.74, 6) is -1.69. The van der Waals surface area contributed by atoms with Crippen molar-refractivity contribution < 1.29 is 71.8 Å². The van der Waals surface area contributed by atoms with Gasteiger partial charge in [-0.05, 0) is 60.9 Å². The molecule has 0 unspecified atom stereocenters. The van der Waals surface area contributed by atoms with E-state index < -0.39 is 58.7 Å². The number of nitrogens with zero attached hydrogens (tertiary/aromatic N) is 4. The summed E-state index contributed by atoms with van der Waals surface area (Å²) in [7, 11) is -10.3. The molecule has 1 amide bonds. The zero-order valence-corrected chi connectivity index (χ0v) is 33.9.